The number of carbonyl (C=O) groups excluding carboxylic acids is 1. The predicted octanol–water partition coefficient (Wildman–Crippen LogP) is 2.75. The summed E-state index contributed by atoms with van der Waals surface area (Å²) in [6.45, 7) is 0.725. The Labute approximate surface area is 131 Å². The van der Waals surface area contributed by atoms with Crippen molar-refractivity contribution in [3.8, 4) is 10.6 Å². The van der Waals surface area contributed by atoms with Crippen LogP contribution in [-0.4, -0.2) is 40.1 Å². The van der Waals surface area contributed by atoms with E-state index in [4.69, 9.17) is 5.11 Å². The molecule has 0 bridgehead atoms. The lowest BCUT2D eigenvalue weighted by molar-refractivity contribution is -0.141. The van der Waals surface area contributed by atoms with Crippen LogP contribution in [0.3, 0.4) is 0 Å². The lowest BCUT2D eigenvalue weighted by Crippen LogP contribution is -2.33. The minimum absolute atomic E-state index is 0.257. The number of carboxylic acids is 1. The Morgan fingerprint density at radius 3 is 2.95 bits per heavy atom. The summed E-state index contributed by atoms with van der Waals surface area (Å²) in [5.74, 6) is -1.31. The topological polar surface area (TPSA) is 82.5 Å². The van der Waals surface area contributed by atoms with Gasteiger partial charge in [0.15, 0.2) is 0 Å². The zero-order valence-electron chi connectivity index (χ0n) is 11.7. The first-order valence-corrected chi connectivity index (χ1v) is 7.80. The van der Waals surface area contributed by atoms with Gasteiger partial charge < -0.3 is 15.3 Å². The van der Waals surface area contributed by atoms with Gasteiger partial charge in [0, 0.05) is 35.9 Å². The highest BCUT2D eigenvalue weighted by molar-refractivity contribution is 7.13. The van der Waals surface area contributed by atoms with E-state index in [1.54, 1.807) is 12.3 Å². The van der Waals surface area contributed by atoms with Gasteiger partial charge in [-0.15, -0.1) is 11.3 Å². The monoisotopic (exact) mass is 317 g/mol. The largest absolute Gasteiger partial charge is 0.481 e. The summed E-state index contributed by atoms with van der Waals surface area (Å²) < 4.78 is 0. The van der Waals surface area contributed by atoms with Crippen molar-refractivity contribution in [1.82, 2.24) is 9.88 Å². The number of amides is 2. The number of benzene rings is 1. The molecule has 0 saturated carbocycles. The first kappa shape index (κ1) is 14.5. The van der Waals surface area contributed by atoms with Crippen molar-refractivity contribution in [2.24, 2.45) is 5.92 Å². The quantitative estimate of drug-likeness (QED) is 0.912. The number of anilines is 1. The van der Waals surface area contributed by atoms with E-state index in [0.717, 1.165) is 10.6 Å². The maximum atomic E-state index is 12.2. The number of carbonyl (C=O) groups is 2. The Hall–Kier alpha value is -2.41. The molecule has 22 heavy (non-hydrogen) atoms. The standard InChI is InChI=1S/C15H15N3O3S/c19-14(20)11-4-6-18(9-11)15(21)17-12-3-1-2-10(8-12)13-16-5-7-22-13/h1-3,5,7-8,11H,4,6,9H2,(H,17,21)(H,19,20). The fourth-order valence-corrected chi connectivity index (χ4v) is 3.08. The van der Waals surface area contributed by atoms with Crippen molar-refractivity contribution in [2.75, 3.05) is 18.4 Å². The van der Waals surface area contributed by atoms with E-state index in [-0.39, 0.29) is 12.6 Å². The fraction of sp³-hybridized carbons (Fsp3) is 0.267. The maximum Gasteiger partial charge on any atom is 0.321 e. The second-order valence-electron chi connectivity index (χ2n) is 5.12. The third kappa shape index (κ3) is 3.09. The first-order valence-electron chi connectivity index (χ1n) is 6.92. The number of carboxylic acid groups (broad SMARTS) is 1. The van der Waals surface area contributed by atoms with E-state index in [0.29, 0.717) is 18.7 Å². The van der Waals surface area contributed by atoms with Gasteiger partial charge in [-0.3, -0.25) is 4.79 Å². The molecule has 2 aromatic rings. The second kappa shape index (κ2) is 6.15. The zero-order chi connectivity index (χ0) is 15.5. The summed E-state index contributed by atoms with van der Waals surface area (Å²) in [6.07, 6.45) is 2.24. The van der Waals surface area contributed by atoms with Crippen molar-refractivity contribution in [3.05, 3.63) is 35.8 Å². The smallest absolute Gasteiger partial charge is 0.321 e. The molecule has 1 atom stereocenters. The van der Waals surface area contributed by atoms with Crippen LogP contribution in [0.2, 0.25) is 0 Å². The van der Waals surface area contributed by atoms with Gasteiger partial charge in [0.05, 0.1) is 5.92 Å². The molecule has 0 aliphatic carbocycles. The van der Waals surface area contributed by atoms with Gasteiger partial charge >= 0.3 is 12.0 Å². The first-order chi connectivity index (χ1) is 10.6. The Bertz CT molecular complexity index is 687. The summed E-state index contributed by atoms with van der Waals surface area (Å²) in [6, 6.07) is 7.20. The average Bonchev–Trinajstić information content (AvgIpc) is 3.19. The molecule has 7 heteroatoms. The van der Waals surface area contributed by atoms with E-state index in [2.05, 4.69) is 10.3 Å². The summed E-state index contributed by atoms with van der Waals surface area (Å²) in [7, 11) is 0. The van der Waals surface area contributed by atoms with Gasteiger partial charge in [0.1, 0.15) is 5.01 Å². The minimum atomic E-state index is -0.846. The molecule has 0 spiro atoms. The van der Waals surface area contributed by atoms with Gasteiger partial charge in [0.2, 0.25) is 0 Å². The fourth-order valence-electron chi connectivity index (χ4n) is 2.44. The average molecular weight is 317 g/mol. The predicted molar refractivity (Wildman–Crippen MR) is 83.9 cm³/mol. The lowest BCUT2D eigenvalue weighted by Gasteiger charge is -2.17. The SMILES string of the molecule is O=C(O)C1CCN(C(=O)Nc2cccc(-c3nccs3)c2)C1. The third-order valence-corrected chi connectivity index (χ3v) is 4.44. The van der Waals surface area contributed by atoms with Crippen molar-refractivity contribution in [1.29, 1.82) is 0 Å². The van der Waals surface area contributed by atoms with Crippen molar-refractivity contribution < 1.29 is 14.7 Å². The van der Waals surface area contributed by atoms with Gasteiger partial charge in [-0.1, -0.05) is 12.1 Å². The molecule has 1 fully saturated rings. The number of nitrogens with zero attached hydrogens (tertiary/aromatic N) is 2. The number of aliphatic carboxylic acids is 1. The molecule has 1 aromatic carbocycles. The third-order valence-electron chi connectivity index (χ3n) is 3.62. The summed E-state index contributed by atoms with van der Waals surface area (Å²) in [5, 5.41) is 14.6. The summed E-state index contributed by atoms with van der Waals surface area (Å²) >= 11 is 1.53. The molecule has 2 heterocycles. The van der Waals surface area contributed by atoms with E-state index >= 15 is 0 Å². The number of hydrogen-bond donors (Lipinski definition) is 2. The molecule has 1 saturated heterocycles. The van der Waals surface area contributed by atoms with Gasteiger partial charge in [-0.2, -0.15) is 0 Å². The van der Waals surface area contributed by atoms with E-state index < -0.39 is 11.9 Å². The molecular weight excluding hydrogens is 302 g/mol. The molecule has 1 aromatic heterocycles. The van der Waals surface area contributed by atoms with Crippen LogP contribution in [-0.2, 0) is 4.79 Å². The highest BCUT2D eigenvalue weighted by Gasteiger charge is 2.30. The second-order valence-corrected chi connectivity index (χ2v) is 6.01. The molecule has 0 radical (unpaired) electrons. The molecule has 1 aliphatic heterocycles. The van der Waals surface area contributed by atoms with Gasteiger partial charge in [0.25, 0.3) is 0 Å². The Kier molecular flexibility index (Phi) is 4.06. The van der Waals surface area contributed by atoms with Crippen LogP contribution in [0.5, 0.6) is 0 Å². The van der Waals surface area contributed by atoms with Crippen LogP contribution in [0.1, 0.15) is 6.42 Å². The number of thiazole rings is 1. The summed E-state index contributed by atoms with van der Waals surface area (Å²) in [5.41, 5.74) is 1.62. The number of likely N-dealkylation sites (tertiary alicyclic amines) is 1. The van der Waals surface area contributed by atoms with E-state index in [1.807, 2.05) is 23.6 Å². The molecule has 114 valence electrons. The van der Waals surface area contributed by atoms with E-state index in [1.165, 1.54) is 16.2 Å². The Morgan fingerprint density at radius 1 is 1.41 bits per heavy atom. The minimum Gasteiger partial charge on any atom is -0.481 e. The molecular formula is C15H15N3O3S. The van der Waals surface area contributed by atoms with Gasteiger partial charge in [-0.05, 0) is 18.6 Å². The van der Waals surface area contributed by atoms with Crippen molar-refractivity contribution >= 4 is 29.0 Å². The van der Waals surface area contributed by atoms with Crippen LogP contribution < -0.4 is 5.32 Å². The van der Waals surface area contributed by atoms with E-state index in [9.17, 15) is 9.59 Å². The normalized spacial score (nSPS) is 17.5. The number of rotatable bonds is 3. The van der Waals surface area contributed by atoms with Crippen LogP contribution in [0, 0.1) is 5.92 Å². The van der Waals surface area contributed by atoms with Crippen LogP contribution in [0.4, 0.5) is 10.5 Å². The van der Waals surface area contributed by atoms with Crippen molar-refractivity contribution in [3.63, 3.8) is 0 Å². The molecule has 2 N–H and O–H groups in total. The van der Waals surface area contributed by atoms with Crippen LogP contribution in [0.15, 0.2) is 35.8 Å². The summed E-state index contributed by atoms with van der Waals surface area (Å²) in [4.78, 5) is 28.9. The van der Waals surface area contributed by atoms with Gasteiger partial charge in [-0.25, -0.2) is 9.78 Å². The zero-order valence-corrected chi connectivity index (χ0v) is 12.5. The Morgan fingerprint density at radius 2 is 2.27 bits per heavy atom. The number of urea groups is 1. The van der Waals surface area contributed by atoms with Crippen LogP contribution in [0.25, 0.3) is 10.6 Å². The molecule has 1 unspecified atom stereocenters. The molecule has 3 rings (SSSR count). The number of hydrogen-bond acceptors (Lipinski definition) is 4. The molecule has 1 aliphatic rings. The highest BCUT2D eigenvalue weighted by Crippen LogP contribution is 2.25. The number of nitrogens with one attached hydrogen (secondary N) is 1. The van der Waals surface area contributed by atoms with Crippen LogP contribution >= 0.6 is 11.3 Å². The maximum absolute atomic E-state index is 12.2. The molecule has 6 nitrogen and oxygen atoms in total. The highest BCUT2D eigenvalue weighted by atomic mass is 32.1. The Balaban J connectivity index is 1.67. The number of aromatic nitrogens is 1. The lowest BCUT2D eigenvalue weighted by atomic mass is 10.1. The molecule has 2 amide bonds. The van der Waals surface area contributed by atoms with Crippen molar-refractivity contribution in [2.45, 2.75) is 6.42 Å².